The Bertz CT molecular complexity index is 753. The summed E-state index contributed by atoms with van der Waals surface area (Å²) in [7, 11) is 0. The smallest absolute Gasteiger partial charge is 0.128 e. The van der Waals surface area contributed by atoms with Crippen LogP contribution in [0.2, 0.25) is 0 Å². The molecule has 2 aromatic carbocycles. The number of nitrogen functional groups attached to an aromatic ring is 1. The van der Waals surface area contributed by atoms with E-state index in [4.69, 9.17) is 5.73 Å². The van der Waals surface area contributed by atoms with Crippen LogP contribution in [0.15, 0.2) is 59.5 Å². The van der Waals surface area contributed by atoms with Crippen molar-refractivity contribution >= 4 is 28.5 Å². The topological polar surface area (TPSA) is 38.9 Å². The quantitative estimate of drug-likeness (QED) is 0.722. The van der Waals surface area contributed by atoms with E-state index in [2.05, 4.69) is 48.3 Å². The Morgan fingerprint density at radius 3 is 2.65 bits per heavy atom. The number of aryl methyl sites for hydroxylation is 1. The molecule has 3 heteroatoms. The highest BCUT2D eigenvalue weighted by molar-refractivity contribution is 7.98. The van der Waals surface area contributed by atoms with Crippen LogP contribution in [0.25, 0.3) is 10.9 Å². The van der Waals surface area contributed by atoms with E-state index in [-0.39, 0.29) is 0 Å². The van der Waals surface area contributed by atoms with Gasteiger partial charge in [-0.15, -0.1) is 11.8 Å². The second-order valence-electron chi connectivity index (χ2n) is 4.78. The lowest BCUT2D eigenvalue weighted by atomic mass is 10.1. The van der Waals surface area contributed by atoms with Gasteiger partial charge in [0, 0.05) is 21.6 Å². The third-order valence-corrected chi connectivity index (χ3v) is 4.54. The summed E-state index contributed by atoms with van der Waals surface area (Å²) in [6, 6.07) is 18.6. The van der Waals surface area contributed by atoms with E-state index in [0.29, 0.717) is 5.82 Å². The molecule has 20 heavy (non-hydrogen) atoms. The van der Waals surface area contributed by atoms with Crippen LogP contribution in [0.3, 0.4) is 0 Å². The van der Waals surface area contributed by atoms with Crippen LogP contribution in [0.5, 0.6) is 0 Å². The normalized spacial score (nSPS) is 10.8. The van der Waals surface area contributed by atoms with Crippen molar-refractivity contribution in [3.8, 4) is 0 Å². The number of nitrogens with zero attached hydrogens (tertiary/aromatic N) is 1. The highest BCUT2D eigenvalue weighted by Crippen LogP contribution is 2.28. The number of anilines is 1. The largest absolute Gasteiger partial charge is 0.383 e. The molecule has 0 atom stereocenters. The van der Waals surface area contributed by atoms with Crippen LogP contribution >= 0.6 is 11.8 Å². The fourth-order valence-corrected chi connectivity index (χ4v) is 3.18. The molecular weight excluding hydrogens is 264 g/mol. The molecule has 0 saturated carbocycles. The van der Waals surface area contributed by atoms with Crippen molar-refractivity contribution in [2.45, 2.75) is 17.6 Å². The lowest BCUT2D eigenvalue weighted by molar-refractivity contribution is 1.28. The summed E-state index contributed by atoms with van der Waals surface area (Å²) in [6.45, 7) is 2.13. The second-order valence-corrected chi connectivity index (χ2v) is 5.80. The molecule has 1 aromatic heterocycles. The molecule has 0 aliphatic rings. The number of fused-ring (bicyclic) bond motifs is 1. The van der Waals surface area contributed by atoms with Crippen molar-refractivity contribution in [1.29, 1.82) is 0 Å². The molecule has 0 fully saturated rings. The van der Waals surface area contributed by atoms with Crippen LogP contribution in [0.4, 0.5) is 5.82 Å². The molecule has 0 aliphatic heterocycles. The molecular formula is C17H16N2S. The highest BCUT2D eigenvalue weighted by Gasteiger charge is 2.05. The Morgan fingerprint density at radius 1 is 1.05 bits per heavy atom. The summed E-state index contributed by atoms with van der Waals surface area (Å²) in [5, 5.41) is 1.14. The van der Waals surface area contributed by atoms with Gasteiger partial charge in [-0.25, -0.2) is 4.98 Å². The van der Waals surface area contributed by atoms with E-state index < -0.39 is 0 Å². The van der Waals surface area contributed by atoms with Gasteiger partial charge in [0.1, 0.15) is 5.82 Å². The summed E-state index contributed by atoms with van der Waals surface area (Å²) in [4.78, 5) is 5.77. The minimum Gasteiger partial charge on any atom is -0.383 e. The summed E-state index contributed by atoms with van der Waals surface area (Å²) in [5.41, 5.74) is 9.41. The average Bonchev–Trinajstić information content (AvgIpc) is 2.46. The maximum absolute atomic E-state index is 6.06. The first-order chi connectivity index (χ1) is 9.74. The maximum atomic E-state index is 6.06. The molecule has 2 N–H and O–H groups in total. The first kappa shape index (κ1) is 13.0. The molecule has 100 valence electrons. The van der Waals surface area contributed by atoms with Crippen molar-refractivity contribution in [3.63, 3.8) is 0 Å². The zero-order valence-corrected chi connectivity index (χ0v) is 12.2. The van der Waals surface area contributed by atoms with Crippen molar-refractivity contribution in [3.05, 3.63) is 65.7 Å². The van der Waals surface area contributed by atoms with E-state index >= 15 is 0 Å². The highest BCUT2D eigenvalue weighted by atomic mass is 32.2. The number of benzene rings is 2. The Labute approximate surface area is 123 Å². The first-order valence-electron chi connectivity index (χ1n) is 6.56. The summed E-state index contributed by atoms with van der Waals surface area (Å²) in [5.74, 6) is 1.47. The predicted molar refractivity (Wildman–Crippen MR) is 86.9 cm³/mol. The Balaban J connectivity index is 1.87. The molecule has 0 amide bonds. The van der Waals surface area contributed by atoms with Gasteiger partial charge in [0.25, 0.3) is 0 Å². The average molecular weight is 280 g/mol. The van der Waals surface area contributed by atoms with Crippen LogP contribution in [0.1, 0.15) is 11.1 Å². The van der Waals surface area contributed by atoms with Gasteiger partial charge in [-0.3, -0.25) is 0 Å². The second kappa shape index (κ2) is 5.55. The minimum atomic E-state index is 0.629. The molecule has 0 unspecified atom stereocenters. The van der Waals surface area contributed by atoms with Gasteiger partial charge in [0.2, 0.25) is 0 Å². The fourth-order valence-electron chi connectivity index (χ4n) is 2.16. The predicted octanol–water partition coefficient (Wildman–Crippen LogP) is 4.42. The van der Waals surface area contributed by atoms with Crippen molar-refractivity contribution in [2.24, 2.45) is 0 Å². The zero-order valence-electron chi connectivity index (χ0n) is 11.3. The molecule has 0 spiro atoms. The zero-order chi connectivity index (χ0) is 13.9. The number of hydrogen-bond acceptors (Lipinski definition) is 3. The lowest BCUT2D eigenvalue weighted by Crippen LogP contribution is -1.97. The van der Waals surface area contributed by atoms with Crippen LogP contribution < -0.4 is 5.73 Å². The minimum absolute atomic E-state index is 0.629. The SMILES string of the molecule is Cc1ccccc1SCc1cc2ccccc2nc1N. The van der Waals surface area contributed by atoms with E-state index in [1.165, 1.54) is 10.5 Å². The summed E-state index contributed by atoms with van der Waals surface area (Å²) >= 11 is 1.80. The monoisotopic (exact) mass is 280 g/mol. The van der Waals surface area contributed by atoms with Gasteiger partial charge < -0.3 is 5.73 Å². The van der Waals surface area contributed by atoms with Crippen LogP contribution in [-0.4, -0.2) is 4.98 Å². The number of para-hydroxylation sites is 1. The molecule has 0 saturated heterocycles. The molecule has 3 rings (SSSR count). The maximum Gasteiger partial charge on any atom is 0.128 e. The van der Waals surface area contributed by atoms with Crippen LogP contribution in [0, 0.1) is 6.92 Å². The molecule has 0 radical (unpaired) electrons. The molecule has 0 bridgehead atoms. The lowest BCUT2D eigenvalue weighted by Gasteiger charge is -2.08. The van der Waals surface area contributed by atoms with E-state index in [1.54, 1.807) is 11.8 Å². The van der Waals surface area contributed by atoms with Crippen LogP contribution in [-0.2, 0) is 5.75 Å². The van der Waals surface area contributed by atoms with Crippen molar-refractivity contribution < 1.29 is 0 Å². The number of thioether (sulfide) groups is 1. The Morgan fingerprint density at radius 2 is 1.80 bits per heavy atom. The first-order valence-corrected chi connectivity index (χ1v) is 7.55. The van der Waals surface area contributed by atoms with Gasteiger partial charge in [-0.1, -0.05) is 36.4 Å². The van der Waals surface area contributed by atoms with E-state index in [1.807, 2.05) is 18.2 Å². The number of hydrogen-bond donors (Lipinski definition) is 1. The number of nitrogens with two attached hydrogens (primary N) is 1. The number of rotatable bonds is 3. The molecule has 0 aliphatic carbocycles. The van der Waals surface area contributed by atoms with E-state index in [9.17, 15) is 0 Å². The summed E-state index contributed by atoms with van der Waals surface area (Å²) < 4.78 is 0. The standard InChI is InChI=1S/C17H16N2S/c1-12-6-2-5-9-16(12)20-11-14-10-13-7-3-4-8-15(13)19-17(14)18/h2-10H,11H2,1H3,(H2,18,19). The van der Waals surface area contributed by atoms with Crippen molar-refractivity contribution in [1.82, 2.24) is 4.98 Å². The van der Waals surface area contributed by atoms with Gasteiger partial charge in [0.15, 0.2) is 0 Å². The van der Waals surface area contributed by atoms with E-state index in [0.717, 1.165) is 22.2 Å². The van der Waals surface area contributed by atoms with Gasteiger partial charge in [0.05, 0.1) is 5.52 Å². The number of pyridine rings is 1. The van der Waals surface area contributed by atoms with Crippen molar-refractivity contribution in [2.75, 3.05) is 5.73 Å². The summed E-state index contributed by atoms with van der Waals surface area (Å²) in [6.07, 6.45) is 0. The third kappa shape index (κ3) is 2.63. The third-order valence-electron chi connectivity index (χ3n) is 3.31. The van der Waals surface area contributed by atoms with Gasteiger partial charge >= 0.3 is 0 Å². The van der Waals surface area contributed by atoms with Gasteiger partial charge in [-0.05, 0) is 30.7 Å². The Hall–Kier alpha value is -2.00. The van der Waals surface area contributed by atoms with Gasteiger partial charge in [-0.2, -0.15) is 0 Å². The molecule has 3 aromatic rings. The molecule has 1 heterocycles. The Kier molecular flexibility index (Phi) is 3.61. The molecule has 2 nitrogen and oxygen atoms in total. The number of aromatic nitrogens is 1. The fraction of sp³-hybridized carbons (Fsp3) is 0.118.